The van der Waals surface area contributed by atoms with Gasteiger partial charge in [0, 0.05) is 0 Å². The van der Waals surface area contributed by atoms with Crippen LogP contribution in [0.5, 0.6) is 5.75 Å². The zero-order chi connectivity index (χ0) is 11.1. The second-order valence-corrected chi connectivity index (χ2v) is 4.92. The number of fused-ring (bicyclic) bond motifs is 1. The molecule has 2 heterocycles. The maximum Gasteiger partial charge on any atom is 0.262 e. The van der Waals surface area contributed by atoms with Crippen molar-refractivity contribution in [3.8, 4) is 5.75 Å². The zero-order valence-electron chi connectivity index (χ0n) is 9.27. The van der Waals surface area contributed by atoms with Gasteiger partial charge in [-0.2, -0.15) is 5.10 Å². The average Bonchev–Trinajstić information content (AvgIpc) is 2.82. The number of rotatable bonds is 1. The van der Waals surface area contributed by atoms with E-state index >= 15 is 0 Å². The predicted octanol–water partition coefficient (Wildman–Crippen LogP) is 2.33. The van der Waals surface area contributed by atoms with E-state index in [1.54, 1.807) is 0 Å². The molecule has 0 radical (unpaired) electrons. The predicted molar refractivity (Wildman–Crippen MR) is 64.5 cm³/mol. The molecule has 0 bridgehead atoms. The van der Waals surface area contributed by atoms with Crippen LogP contribution in [0.25, 0.3) is 0 Å². The Morgan fingerprint density at radius 2 is 2.25 bits per heavy atom. The first-order valence-corrected chi connectivity index (χ1v) is 6.22. The summed E-state index contributed by atoms with van der Waals surface area (Å²) in [5, 5.41) is 8.14. The van der Waals surface area contributed by atoms with Crippen LogP contribution < -0.4 is 10.1 Å². The van der Waals surface area contributed by atoms with Crippen LogP contribution in [0.2, 0.25) is 0 Å². The Morgan fingerprint density at radius 1 is 1.50 bits per heavy atom. The van der Waals surface area contributed by atoms with E-state index in [2.05, 4.69) is 22.0 Å². The van der Waals surface area contributed by atoms with Crippen LogP contribution in [0.1, 0.15) is 50.4 Å². The van der Waals surface area contributed by atoms with Crippen LogP contribution in [-0.2, 0) is 0 Å². The molecule has 0 spiro atoms. The topological polar surface area (TPSA) is 39.1 Å². The van der Waals surface area contributed by atoms with Gasteiger partial charge in [-0.05, 0) is 32.0 Å². The van der Waals surface area contributed by atoms with Gasteiger partial charge in [-0.1, -0.05) is 12.8 Å². The van der Waals surface area contributed by atoms with Gasteiger partial charge in [0.1, 0.15) is 5.69 Å². The summed E-state index contributed by atoms with van der Waals surface area (Å²) in [5.41, 5.74) is 0.973. The maximum atomic E-state index is 5.48. The molecule has 1 aromatic rings. The first-order valence-electron chi connectivity index (χ1n) is 5.81. The summed E-state index contributed by atoms with van der Waals surface area (Å²) in [6, 6.07) is 0.703. The number of ether oxygens (including phenoxy) is 1. The minimum atomic E-state index is 0.152. The minimum absolute atomic E-state index is 0.152. The van der Waals surface area contributed by atoms with Crippen molar-refractivity contribution in [1.82, 2.24) is 15.1 Å². The monoisotopic (exact) mass is 237 g/mol. The fourth-order valence-corrected chi connectivity index (χ4v) is 2.76. The van der Waals surface area contributed by atoms with E-state index in [9.17, 15) is 0 Å². The Hall–Kier alpha value is -1.10. The summed E-state index contributed by atoms with van der Waals surface area (Å²) in [4.78, 5) is 0. The highest BCUT2D eigenvalue weighted by Crippen LogP contribution is 2.34. The van der Waals surface area contributed by atoms with Gasteiger partial charge in [0.05, 0.1) is 18.3 Å². The molecule has 1 atom stereocenters. The van der Waals surface area contributed by atoms with E-state index in [1.165, 1.54) is 25.7 Å². The van der Waals surface area contributed by atoms with Crippen molar-refractivity contribution >= 4 is 17.4 Å². The molecule has 1 aromatic heterocycles. The fourth-order valence-electron chi connectivity index (χ4n) is 2.50. The van der Waals surface area contributed by atoms with Gasteiger partial charge in [0.15, 0.2) is 5.75 Å². The van der Waals surface area contributed by atoms with Crippen molar-refractivity contribution in [2.24, 2.45) is 0 Å². The Balaban J connectivity index is 1.93. The standard InChI is InChI=1S/C11H15N3OS/c1-7-10-9(15-11(16)12-7)6-14(13-10)8-4-2-3-5-8/h6-8H,2-5H2,1H3,(H,12,16). The van der Waals surface area contributed by atoms with E-state index in [0.717, 1.165) is 11.4 Å². The molecule has 1 fully saturated rings. The number of hydrogen-bond donors (Lipinski definition) is 1. The Bertz CT molecular complexity index is 423. The quantitative estimate of drug-likeness (QED) is 0.761. The van der Waals surface area contributed by atoms with Gasteiger partial charge in [-0.3, -0.25) is 4.68 Å². The van der Waals surface area contributed by atoms with Gasteiger partial charge in [0.25, 0.3) is 5.17 Å². The molecule has 1 aliphatic heterocycles. The fraction of sp³-hybridized carbons (Fsp3) is 0.636. The van der Waals surface area contributed by atoms with E-state index in [-0.39, 0.29) is 6.04 Å². The van der Waals surface area contributed by atoms with Crippen molar-refractivity contribution < 1.29 is 4.74 Å². The molecule has 86 valence electrons. The zero-order valence-corrected chi connectivity index (χ0v) is 10.1. The molecule has 0 amide bonds. The lowest BCUT2D eigenvalue weighted by molar-refractivity contribution is 0.453. The molecule has 16 heavy (non-hydrogen) atoms. The highest BCUT2D eigenvalue weighted by Gasteiger charge is 2.27. The lowest BCUT2D eigenvalue weighted by Gasteiger charge is -2.20. The highest BCUT2D eigenvalue weighted by atomic mass is 32.1. The number of thiocarbonyl (C=S) groups is 1. The molecular formula is C11H15N3OS. The summed E-state index contributed by atoms with van der Waals surface area (Å²) in [7, 11) is 0. The second kappa shape index (κ2) is 3.73. The van der Waals surface area contributed by atoms with Crippen LogP contribution in [0.4, 0.5) is 0 Å². The van der Waals surface area contributed by atoms with Crippen molar-refractivity contribution in [2.75, 3.05) is 0 Å². The van der Waals surface area contributed by atoms with Crippen LogP contribution in [-0.4, -0.2) is 15.0 Å². The molecule has 2 aliphatic rings. The van der Waals surface area contributed by atoms with Crippen molar-refractivity contribution in [3.63, 3.8) is 0 Å². The molecule has 0 saturated heterocycles. The number of nitrogens with zero attached hydrogens (tertiary/aromatic N) is 2. The normalized spacial score (nSPS) is 25.1. The van der Waals surface area contributed by atoms with Gasteiger partial charge in [0.2, 0.25) is 0 Å². The summed E-state index contributed by atoms with van der Waals surface area (Å²) in [6.07, 6.45) is 7.07. The van der Waals surface area contributed by atoms with Crippen molar-refractivity contribution in [1.29, 1.82) is 0 Å². The molecular weight excluding hydrogens is 222 g/mol. The Labute approximate surface area is 100.0 Å². The summed E-state index contributed by atoms with van der Waals surface area (Å²) >= 11 is 5.03. The van der Waals surface area contributed by atoms with Crippen LogP contribution >= 0.6 is 12.2 Å². The summed E-state index contributed by atoms with van der Waals surface area (Å²) < 4.78 is 7.54. The third-order valence-electron chi connectivity index (χ3n) is 3.37. The Kier molecular flexibility index (Phi) is 2.35. The maximum absolute atomic E-state index is 5.48. The molecule has 3 rings (SSSR count). The van der Waals surface area contributed by atoms with Crippen LogP contribution in [0.15, 0.2) is 6.20 Å². The summed E-state index contributed by atoms with van der Waals surface area (Å²) in [5.74, 6) is 0.822. The molecule has 1 saturated carbocycles. The molecule has 1 unspecified atom stereocenters. The van der Waals surface area contributed by atoms with Crippen molar-refractivity contribution in [3.05, 3.63) is 11.9 Å². The van der Waals surface area contributed by atoms with Gasteiger partial charge < -0.3 is 10.1 Å². The first kappa shape index (κ1) is 10.1. The van der Waals surface area contributed by atoms with E-state index in [1.807, 2.05) is 6.20 Å². The van der Waals surface area contributed by atoms with Crippen molar-refractivity contribution in [2.45, 2.75) is 44.7 Å². The minimum Gasteiger partial charge on any atom is -0.428 e. The highest BCUT2D eigenvalue weighted by molar-refractivity contribution is 7.80. The van der Waals surface area contributed by atoms with E-state index < -0.39 is 0 Å². The van der Waals surface area contributed by atoms with Gasteiger partial charge in [-0.25, -0.2) is 0 Å². The number of hydrogen-bond acceptors (Lipinski definition) is 3. The molecule has 1 N–H and O–H groups in total. The van der Waals surface area contributed by atoms with Crippen LogP contribution in [0, 0.1) is 0 Å². The van der Waals surface area contributed by atoms with Gasteiger partial charge >= 0.3 is 0 Å². The number of aromatic nitrogens is 2. The summed E-state index contributed by atoms with van der Waals surface area (Å²) in [6.45, 7) is 2.06. The first-order chi connectivity index (χ1) is 7.74. The molecule has 5 heteroatoms. The second-order valence-electron chi connectivity index (χ2n) is 4.55. The number of nitrogens with one attached hydrogen (secondary N) is 1. The third-order valence-corrected chi connectivity index (χ3v) is 3.57. The smallest absolute Gasteiger partial charge is 0.262 e. The van der Waals surface area contributed by atoms with E-state index in [4.69, 9.17) is 17.0 Å². The SMILES string of the molecule is CC1NC(=S)Oc2cn(C3CCCC3)nc21. The lowest BCUT2D eigenvalue weighted by Crippen LogP contribution is -2.33. The molecule has 4 nitrogen and oxygen atoms in total. The molecule has 1 aliphatic carbocycles. The average molecular weight is 237 g/mol. The molecule has 0 aromatic carbocycles. The van der Waals surface area contributed by atoms with Gasteiger partial charge in [-0.15, -0.1) is 0 Å². The van der Waals surface area contributed by atoms with Crippen LogP contribution in [0.3, 0.4) is 0 Å². The Morgan fingerprint density at radius 3 is 3.00 bits per heavy atom. The third kappa shape index (κ3) is 1.59. The largest absolute Gasteiger partial charge is 0.428 e. The lowest BCUT2D eigenvalue weighted by atomic mass is 10.2. The van der Waals surface area contributed by atoms with E-state index in [0.29, 0.717) is 11.2 Å².